The molecule has 2 atom stereocenters. The van der Waals surface area contributed by atoms with Crippen LogP contribution in [0.3, 0.4) is 0 Å². The van der Waals surface area contributed by atoms with Gasteiger partial charge in [-0.05, 0) is 25.0 Å². The highest BCUT2D eigenvalue weighted by molar-refractivity contribution is 8.14. The number of ether oxygens (including phenoxy) is 1. The van der Waals surface area contributed by atoms with Gasteiger partial charge in [0.05, 0.1) is 5.51 Å². The number of hydrogen-bond donors (Lipinski definition) is 2. The first kappa shape index (κ1) is 22.0. The fourth-order valence-corrected chi connectivity index (χ4v) is 4.24. The maximum absolute atomic E-state index is 12.8. The summed E-state index contributed by atoms with van der Waals surface area (Å²) in [5.41, 5.74) is 1.60. The fourth-order valence-electron chi connectivity index (χ4n) is 2.34. The average molecular weight is 428 g/mol. The minimum Gasteiger partial charge on any atom is -0.460 e. The summed E-state index contributed by atoms with van der Waals surface area (Å²) in [6.07, 6.45) is 4.52. The third-order valence-corrected chi connectivity index (χ3v) is 6.10. The van der Waals surface area contributed by atoms with Crippen molar-refractivity contribution in [3.63, 3.8) is 0 Å². The monoisotopic (exact) mass is 427 g/mol. The topological polar surface area (TPSA) is 80.7 Å². The Morgan fingerprint density at radius 1 is 1.44 bits per heavy atom. The Morgan fingerprint density at radius 3 is 2.85 bits per heavy atom. The highest BCUT2D eigenvalue weighted by Gasteiger charge is 2.41. The molecule has 0 radical (unpaired) electrons. The molecule has 0 fully saturated rings. The number of aliphatic imine (C=N–C) groups is 1. The van der Waals surface area contributed by atoms with Crippen molar-refractivity contribution >= 4 is 52.6 Å². The minimum atomic E-state index is -0.927. The number of carbonyl (C=O) groups excluding carboxylic acids is 2. The number of amides is 1. The summed E-state index contributed by atoms with van der Waals surface area (Å²) in [5, 5.41) is 5.49. The van der Waals surface area contributed by atoms with Crippen LogP contribution in [0.15, 0.2) is 28.0 Å². The van der Waals surface area contributed by atoms with Gasteiger partial charge in [0.15, 0.2) is 0 Å². The van der Waals surface area contributed by atoms with Crippen molar-refractivity contribution in [3.05, 3.63) is 28.7 Å². The summed E-state index contributed by atoms with van der Waals surface area (Å²) in [5.74, 6) is 0.448. The molecular weight excluding hydrogens is 402 g/mol. The molecule has 0 spiro atoms. The van der Waals surface area contributed by atoms with Gasteiger partial charge >= 0.3 is 5.97 Å². The van der Waals surface area contributed by atoms with Gasteiger partial charge in [-0.15, -0.1) is 23.1 Å². The Labute approximate surface area is 173 Å². The number of thioether (sulfide) groups is 1. The Morgan fingerprint density at radius 2 is 2.22 bits per heavy atom. The number of rotatable bonds is 9. The standard InChI is InChI=1S/C18H25N3O3S3/c1-12(2)14(16(22)24-7-5-4-6-8-25)20-17(23)18(3)10-27-15(21-18)13-9-26-11-19-13/h4-5,9,11-12,14,25H,6-8,10H2,1-3H3,(H,20,23)/b5-4+/t14-,18-/m0/s1. The molecule has 27 heavy (non-hydrogen) atoms. The molecule has 148 valence electrons. The molecule has 9 heteroatoms. The van der Waals surface area contributed by atoms with Crippen LogP contribution in [0, 0.1) is 5.92 Å². The van der Waals surface area contributed by atoms with Gasteiger partial charge in [0, 0.05) is 11.1 Å². The normalized spacial score (nSPS) is 20.7. The van der Waals surface area contributed by atoms with Gasteiger partial charge in [0.1, 0.15) is 28.9 Å². The van der Waals surface area contributed by atoms with Crippen LogP contribution in [0.2, 0.25) is 0 Å². The molecule has 1 aliphatic rings. The summed E-state index contributed by atoms with van der Waals surface area (Å²) in [7, 11) is 0. The lowest BCUT2D eigenvalue weighted by Crippen LogP contribution is -2.52. The summed E-state index contributed by atoms with van der Waals surface area (Å²) in [6, 6.07) is -0.712. The summed E-state index contributed by atoms with van der Waals surface area (Å²) in [4.78, 5) is 34.0. The molecule has 1 N–H and O–H groups in total. The maximum Gasteiger partial charge on any atom is 0.329 e. The number of esters is 1. The lowest BCUT2D eigenvalue weighted by molar-refractivity contribution is -0.148. The van der Waals surface area contributed by atoms with Crippen LogP contribution in [0.25, 0.3) is 0 Å². The largest absolute Gasteiger partial charge is 0.460 e. The molecule has 2 heterocycles. The molecule has 0 unspecified atom stereocenters. The van der Waals surface area contributed by atoms with Crippen LogP contribution in [0.5, 0.6) is 0 Å². The van der Waals surface area contributed by atoms with Crippen LogP contribution in [0.4, 0.5) is 0 Å². The zero-order valence-corrected chi connectivity index (χ0v) is 18.2. The van der Waals surface area contributed by atoms with Gasteiger partial charge in [0.2, 0.25) is 5.91 Å². The van der Waals surface area contributed by atoms with E-state index in [0.717, 1.165) is 22.9 Å². The number of thiazole rings is 1. The Bertz CT molecular complexity index is 704. The SMILES string of the molecule is CC(C)[C@H](NC(=O)[C@]1(C)CSC(c2cscn2)=N1)C(=O)OC/C=C/CCS. The molecule has 0 saturated carbocycles. The quantitative estimate of drug-likeness (QED) is 0.360. The number of allylic oxidation sites excluding steroid dienone is 1. The molecule has 0 saturated heterocycles. The van der Waals surface area contributed by atoms with Crippen molar-refractivity contribution in [1.82, 2.24) is 10.3 Å². The summed E-state index contributed by atoms with van der Waals surface area (Å²) < 4.78 is 5.27. The van der Waals surface area contributed by atoms with E-state index in [-0.39, 0.29) is 18.4 Å². The van der Waals surface area contributed by atoms with E-state index < -0.39 is 17.6 Å². The Balaban J connectivity index is 1.99. The first-order chi connectivity index (χ1) is 12.9. The van der Waals surface area contributed by atoms with Gasteiger partial charge < -0.3 is 10.1 Å². The van der Waals surface area contributed by atoms with Crippen LogP contribution in [-0.2, 0) is 14.3 Å². The summed E-state index contributed by atoms with van der Waals surface area (Å²) in [6.45, 7) is 5.71. The molecule has 0 bridgehead atoms. The van der Waals surface area contributed by atoms with Crippen LogP contribution in [-0.4, -0.2) is 51.6 Å². The third kappa shape index (κ3) is 6.08. The molecule has 1 aliphatic heterocycles. The second kappa shape index (κ2) is 10.3. The van der Waals surface area contributed by atoms with Crippen LogP contribution in [0.1, 0.15) is 32.9 Å². The smallest absolute Gasteiger partial charge is 0.329 e. The first-order valence-corrected chi connectivity index (χ1v) is 11.3. The first-order valence-electron chi connectivity index (χ1n) is 8.72. The fraction of sp³-hybridized carbons (Fsp3) is 0.556. The molecule has 1 aromatic rings. The van der Waals surface area contributed by atoms with Gasteiger partial charge in [-0.3, -0.25) is 9.79 Å². The van der Waals surface area contributed by atoms with Crippen molar-refractivity contribution in [2.75, 3.05) is 18.1 Å². The lowest BCUT2D eigenvalue weighted by Gasteiger charge is -2.25. The number of hydrogen-bond acceptors (Lipinski definition) is 8. The number of aromatic nitrogens is 1. The van der Waals surface area contributed by atoms with Gasteiger partial charge in [0.25, 0.3) is 0 Å². The summed E-state index contributed by atoms with van der Waals surface area (Å²) >= 11 is 7.11. The minimum absolute atomic E-state index is 0.0949. The number of carbonyl (C=O) groups is 2. The zero-order valence-electron chi connectivity index (χ0n) is 15.7. The number of nitrogens with one attached hydrogen (secondary N) is 1. The van der Waals surface area contributed by atoms with Gasteiger partial charge in [-0.1, -0.05) is 26.0 Å². The molecule has 1 amide bonds. The van der Waals surface area contributed by atoms with Crippen LogP contribution >= 0.6 is 35.7 Å². The lowest BCUT2D eigenvalue weighted by atomic mass is 10.0. The van der Waals surface area contributed by atoms with Crippen molar-refractivity contribution in [3.8, 4) is 0 Å². The van der Waals surface area contributed by atoms with Crippen molar-refractivity contribution in [1.29, 1.82) is 0 Å². The van der Waals surface area contributed by atoms with E-state index in [0.29, 0.717) is 5.75 Å². The molecule has 0 aliphatic carbocycles. The van der Waals surface area contributed by atoms with E-state index in [9.17, 15) is 9.59 Å². The predicted octanol–water partition coefficient (Wildman–Crippen LogP) is 2.96. The second-order valence-corrected chi connectivity index (χ2v) is 8.79. The van der Waals surface area contributed by atoms with Crippen LogP contribution < -0.4 is 5.32 Å². The van der Waals surface area contributed by atoms with E-state index in [2.05, 4.69) is 27.9 Å². The molecular formula is C18H25N3O3S3. The average Bonchev–Trinajstić information content (AvgIpc) is 3.29. The van der Waals surface area contributed by atoms with Crippen molar-refractivity contribution in [2.45, 2.75) is 38.8 Å². The Hall–Kier alpha value is -1.32. The Kier molecular flexibility index (Phi) is 8.37. The highest BCUT2D eigenvalue weighted by Crippen LogP contribution is 2.31. The van der Waals surface area contributed by atoms with E-state index in [1.165, 1.54) is 23.1 Å². The second-order valence-electron chi connectivity index (χ2n) is 6.66. The number of thiol groups is 1. The van der Waals surface area contributed by atoms with Gasteiger partial charge in [-0.25, -0.2) is 9.78 Å². The molecule has 6 nitrogen and oxygen atoms in total. The molecule has 0 aromatic carbocycles. The predicted molar refractivity (Wildman–Crippen MR) is 115 cm³/mol. The third-order valence-electron chi connectivity index (χ3n) is 3.97. The van der Waals surface area contributed by atoms with Crippen molar-refractivity contribution in [2.24, 2.45) is 10.9 Å². The molecule has 2 rings (SSSR count). The van der Waals surface area contributed by atoms with E-state index >= 15 is 0 Å². The van der Waals surface area contributed by atoms with E-state index in [1.54, 1.807) is 18.5 Å². The van der Waals surface area contributed by atoms with E-state index in [4.69, 9.17) is 4.74 Å². The maximum atomic E-state index is 12.8. The van der Waals surface area contributed by atoms with Crippen molar-refractivity contribution < 1.29 is 14.3 Å². The molecule has 1 aromatic heterocycles. The number of nitrogens with zero attached hydrogens (tertiary/aromatic N) is 2. The van der Waals surface area contributed by atoms with Gasteiger partial charge in [-0.2, -0.15) is 12.6 Å². The van der Waals surface area contributed by atoms with E-state index in [1.807, 2.05) is 25.3 Å². The zero-order chi connectivity index (χ0) is 19.9. The highest BCUT2D eigenvalue weighted by atomic mass is 32.2.